The van der Waals surface area contributed by atoms with Crippen LogP contribution in [0.3, 0.4) is 0 Å². The van der Waals surface area contributed by atoms with Crippen LogP contribution < -0.4 is 11.1 Å². The first-order valence-electron chi connectivity index (χ1n) is 6.98. The average molecular weight is 266 g/mol. The molecule has 1 aliphatic heterocycles. The highest BCUT2D eigenvalue weighted by molar-refractivity contribution is 5.79. The molecule has 1 heterocycles. The lowest BCUT2D eigenvalue weighted by molar-refractivity contribution is -0.124. The van der Waals surface area contributed by atoms with E-state index in [1.807, 2.05) is 13.8 Å². The molecule has 0 aromatic carbocycles. The molecule has 0 bridgehead atoms. The van der Waals surface area contributed by atoms with Crippen molar-refractivity contribution < 1.29 is 4.79 Å². The summed E-state index contributed by atoms with van der Waals surface area (Å²) in [6.45, 7) is 9.80. The second kappa shape index (κ2) is 6.36. The molecule has 1 amide bonds. The van der Waals surface area contributed by atoms with Gasteiger partial charge in [-0.2, -0.15) is 5.26 Å². The van der Waals surface area contributed by atoms with Gasteiger partial charge in [0.15, 0.2) is 0 Å². The molecular formula is C14H26N4O. The maximum absolute atomic E-state index is 12.0. The first-order valence-corrected chi connectivity index (χ1v) is 6.98. The molecular weight excluding hydrogens is 240 g/mol. The molecule has 1 saturated heterocycles. The minimum absolute atomic E-state index is 0.0788. The zero-order valence-corrected chi connectivity index (χ0v) is 12.4. The number of nitrogens with one attached hydrogen (secondary N) is 1. The molecule has 3 unspecified atom stereocenters. The van der Waals surface area contributed by atoms with Gasteiger partial charge in [-0.3, -0.25) is 9.69 Å². The van der Waals surface area contributed by atoms with Crippen LogP contribution in [0.25, 0.3) is 0 Å². The summed E-state index contributed by atoms with van der Waals surface area (Å²) >= 11 is 0. The molecule has 3 atom stereocenters. The lowest BCUT2D eigenvalue weighted by Gasteiger charge is -2.35. The minimum Gasteiger partial charge on any atom is -0.337 e. The van der Waals surface area contributed by atoms with Crippen LogP contribution in [0, 0.1) is 23.2 Å². The quantitative estimate of drug-likeness (QED) is 0.785. The Hall–Kier alpha value is -1.12. The first kappa shape index (κ1) is 15.9. The van der Waals surface area contributed by atoms with Gasteiger partial charge in [-0.15, -0.1) is 0 Å². The van der Waals surface area contributed by atoms with Crippen LogP contribution in [0.1, 0.15) is 34.1 Å². The van der Waals surface area contributed by atoms with Gasteiger partial charge in [-0.1, -0.05) is 20.8 Å². The van der Waals surface area contributed by atoms with Crippen LogP contribution in [0.15, 0.2) is 0 Å². The second-order valence-corrected chi connectivity index (χ2v) is 6.18. The maximum atomic E-state index is 12.0. The van der Waals surface area contributed by atoms with Crippen molar-refractivity contribution >= 4 is 5.91 Å². The number of nitriles is 1. The van der Waals surface area contributed by atoms with Crippen LogP contribution >= 0.6 is 0 Å². The number of rotatable bonds is 4. The number of amides is 1. The number of nitrogens with zero attached hydrogens (tertiary/aromatic N) is 2. The molecule has 5 nitrogen and oxygen atoms in total. The van der Waals surface area contributed by atoms with E-state index >= 15 is 0 Å². The van der Waals surface area contributed by atoms with Crippen molar-refractivity contribution in [1.29, 1.82) is 5.26 Å². The molecule has 5 heteroatoms. The normalized spacial score (nSPS) is 27.6. The fourth-order valence-electron chi connectivity index (χ4n) is 2.23. The smallest absolute Gasteiger partial charge is 0.235 e. The topological polar surface area (TPSA) is 82.2 Å². The van der Waals surface area contributed by atoms with E-state index in [4.69, 9.17) is 5.73 Å². The van der Waals surface area contributed by atoms with Gasteiger partial charge in [0, 0.05) is 19.1 Å². The number of carbonyl (C=O) groups is 1. The predicted molar refractivity (Wildman–Crippen MR) is 75.2 cm³/mol. The van der Waals surface area contributed by atoms with Gasteiger partial charge in [0.1, 0.15) is 5.54 Å². The van der Waals surface area contributed by atoms with E-state index in [2.05, 4.69) is 23.2 Å². The Morgan fingerprint density at radius 1 is 1.63 bits per heavy atom. The van der Waals surface area contributed by atoms with Crippen LogP contribution in [0.4, 0.5) is 0 Å². The van der Waals surface area contributed by atoms with Gasteiger partial charge in [0.2, 0.25) is 5.91 Å². The largest absolute Gasteiger partial charge is 0.337 e. The average Bonchev–Trinajstić information content (AvgIpc) is 2.33. The summed E-state index contributed by atoms with van der Waals surface area (Å²) in [4.78, 5) is 14.2. The third-order valence-electron chi connectivity index (χ3n) is 4.21. The number of piperidine rings is 1. The van der Waals surface area contributed by atoms with Gasteiger partial charge in [-0.25, -0.2) is 0 Å². The van der Waals surface area contributed by atoms with Crippen molar-refractivity contribution in [2.75, 3.05) is 19.6 Å². The fourth-order valence-corrected chi connectivity index (χ4v) is 2.23. The monoisotopic (exact) mass is 266 g/mol. The Labute approximate surface area is 116 Å². The zero-order chi connectivity index (χ0) is 14.6. The van der Waals surface area contributed by atoms with Gasteiger partial charge in [-0.05, 0) is 25.2 Å². The Balaban J connectivity index is 2.50. The molecule has 19 heavy (non-hydrogen) atoms. The molecule has 0 saturated carbocycles. The molecule has 0 aliphatic carbocycles. The van der Waals surface area contributed by atoms with Crippen molar-refractivity contribution in [1.82, 2.24) is 10.2 Å². The van der Waals surface area contributed by atoms with Gasteiger partial charge in [0.05, 0.1) is 12.6 Å². The molecule has 0 aromatic heterocycles. The lowest BCUT2D eigenvalue weighted by Crippen LogP contribution is -2.54. The molecule has 1 aliphatic rings. The Bertz CT molecular complexity index is 363. The van der Waals surface area contributed by atoms with Crippen LogP contribution in [0.5, 0.6) is 0 Å². The van der Waals surface area contributed by atoms with Crippen LogP contribution in [0.2, 0.25) is 0 Å². The lowest BCUT2D eigenvalue weighted by atomic mass is 9.90. The summed E-state index contributed by atoms with van der Waals surface area (Å²) in [5, 5.41) is 12.0. The van der Waals surface area contributed by atoms with E-state index in [0.717, 1.165) is 19.5 Å². The summed E-state index contributed by atoms with van der Waals surface area (Å²) in [6, 6.07) is 2.43. The number of carbonyl (C=O) groups excluding carboxylic acids is 1. The number of nitrogens with two attached hydrogens (primary N) is 1. The SMILES string of the molecule is CC1CN(CC(=O)NC(C)(C#N)C(C)C)CCC1N. The summed E-state index contributed by atoms with van der Waals surface area (Å²) in [7, 11) is 0. The van der Waals surface area contributed by atoms with E-state index in [-0.39, 0.29) is 17.9 Å². The summed E-state index contributed by atoms with van der Waals surface area (Å²) in [5.74, 6) is 0.407. The van der Waals surface area contributed by atoms with E-state index in [1.165, 1.54) is 0 Å². The molecule has 0 spiro atoms. The van der Waals surface area contributed by atoms with Crippen molar-refractivity contribution in [2.45, 2.75) is 45.7 Å². The number of hydrogen-bond acceptors (Lipinski definition) is 4. The van der Waals surface area contributed by atoms with E-state index in [9.17, 15) is 10.1 Å². The third kappa shape index (κ3) is 4.19. The van der Waals surface area contributed by atoms with E-state index in [0.29, 0.717) is 12.5 Å². The molecule has 1 fully saturated rings. The van der Waals surface area contributed by atoms with Gasteiger partial charge in [0.25, 0.3) is 0 Å². The standard InChI is InChI=1S/C14H26N4O/c1-10(2)14(4,9-15)17-13(19)8-18-6-5-12(16)11(3)7-18/h10-12H,5-8,16H2,1-4H3,(H,17,19). The van der Waals surface area contributed by atoms with E-state index in [1.54, 1.807) is 6.92 Å². The number of hydrogen-bond donors (Lipinski definition) is 2. The van der Waals surface area contributed by atoms with E-state index < -0.39 is 5.54 Å². The molecule has 108 valence electrons. The zero-order valence-electron chi connectivity index (χ0n) is 12.4. The van der Waals surface area contributed by atoms with Crippen molar-refractivity contribution in [2.24, 2.45) is 17.6 Å². The van der Waals surface area contributed by atoms with Crippen molar-refractivity contribution in [3.8, 4) is 6.07 Å². The van der Waals surface area contributed by atoms with Gasteiger partial charge >= 0.3 is 0 Å². The molecule has 3 N–H and O–H groups in total. The summed E-state index contributed by atoms with van der Waals surface area (Å²) in [6.07, 6.45) is 0.925. The minimum atomic E-state index is -0.797. The van der Waals surface area contributed by atoms with Crippen molar-refractivity contribution in [3.05, 3.63) is 0 Å². The Morgan fingerprint density at radius 3 is 2.74 bits per heavy atom. The highest BCUT2D eigenvalue weighted by Crippen LogP contribution is 2.16. The first-order chi connectivity index (χ1) is 8.78. The fraction of sp³-hybridized carbons (Fsp3) is 0.857. The second-order valence-electron chi connectivity index (χ2n) is 6.18. The molecule has 0 radical (unpaired) electrons. The van der Waals surface area contributed by atoms with Crippen LogP contribution in [-0.4, -0.2) is 42.0 Å². The highest BCUT2D eigenvalue weighted by atomic mass is 16.2. The predicted octanol–water partition coefficient (Wildman–Crippen LogP) is 0.710. The Morgan fingerprint density at radius 2 is 2.26 bits per heavy atom. The Kier molecular flexibility index (Phi) is 5.33. The highest BCUT2D eigenvalue weighted by Gasteiger charge is 2.31. The summed E-state index contributed by atoms with van der Waals surface area (Å²) in [5.41, 5.74) is 5.17. The molecule has 0 aromatic rings. The number of likely N-dealkylation sites (tertiary alicyclic amines) is 1. The third-order valence-corrected chi connectivity index (χ3v) is 4.21. The van der Waals surface area contributed by atoms with Crippen molar-refractivity contribution in [3.63, 3.8) is 0 Å². The van der Waals surface area contributed by atoms with Gasteiger partial charge < -0.3 is 11.1 Å². The molecule has 1 rings (SSSR count). The summed E-state index contributed by atoms with van der Waals surface area (Å²) < 4.78 is 0. The maximum Gasteiger partial charge on any atom is 0.235 e. The van der Waals surface area contributed by atoms with Crippen LogP contribution in [-0.2, 0) is 4.79 Å².